The van der Waals surface area contributed by atoms with E-state index in [4.69, 9.17) is 5.84 Å². The van der Waals surface area contributed by atoms with Crippen molar-refractivity contribution in [1.29, 1.82) is 0 Å². The largest absolute Gasteiger partial charge is 0.393 e. The topological polar surface area (TPSA) is 87.3 Å². The lowest BCUT2D eigenvalue weighted by molar-refractivity contribution is 0.0272. The lowest BCUT2D eigenvalue weighted by Crippen LogP contribution is -2.37. The first-order valence-electron chi connectivity index (χ1n) is 5.33. The van der Waals surface area contributed by atoms with Gasteiger partial charge in [0.15, 0.2) is 0 Å². The minimum absolute atomic E-state index is 0.0828. The molecule has 2 rings (SSSR count). The molecule has 1 heterocycles. The van der Waals surface area contributed by atoms with Crippen LogP contribution >= 0.6 is 11.5 Å². The molecule has 0 bridgehead atoms. The van der Waals surface area contributed by atoms with Gasteiger partial charge in [0.2, 0.25) is 0 Å². The highest BCUT2D eigenvalue weighted by Gasteiger charge is 2.28. The number of aliphatic hydroxyl groups excluding tert-OH is 1. The zero-order valence-corrected chi connectivity index (χ0v) is 10.1. The zero-order chi connectivity index (χ0) is 11.5. The molecular weight excluding hydrogens is 226 g/mol. The van der Waals surface area contributed by atoms with Crippen LogP contribution in [0.15, 0.2) is 0 Å². The fourth-order valence-electron chi connectivity index (χ4n) is 2.03. The minimum atomic E-state index is -0.0828. The van der Waals surface area contributed by atoms with Crippen molar-refractivity contribution in [3.8, 4) is 0 Å². The molecule has 0 amide bonds. The van der Waals surface area contributed by atoms with Crippen LogP contribution < -0.4 is 11.3 Å². The van der Waals surface area contributed by atoms with Gasteiger partial charge in [0, 0.05) is 24.6 Å². The molecule has 0 aromatic carbocycles. The second-order valence-electron chi connectivity index (χ2n) is 4.38. The van der Waals surface area contributed by atoms with Gasteiger partial charge in [0.1, 0.15) is 10.7 Å². The van der Waals surface area contributed by atoms with Crippen molar-refractivity contribution < 1.29 is 5.11 Å². The van der Waals surface area contributed by atoms with Crippen molar-refractivity contribution in [2.45, 2.75) is 25.5 Å². The summed E-state index contributed by atoms with van der Waals surface area (Å²) in [4.78, 5) is 2.19. The van der Waals surface area contributed by atoms with E-state index >= 15 is 0 Å². The van der Waals surface area contributed by atoms with Gasteiger partial charge in [-0.1, -0.05) is 4.49 Å². The van der Waals surface area contributed by atoms with Crippen LogP contribution in [0.3, 0.4) is 0 Å². The number of nitrogens with two attached hydrogens (primary N) is 1. The van der Waals surface area contributed by atoms with Gasteiger partial charge in [0.25, 0.3) is 0 Å². The van der Waals surface area contributed by atoms with Crippen LogP contribution in [-0.4, -0.2) is 39.3 Å². The second-order valence-corrected chi connectivity index (χ2v) is 5.14. The maximum Gasteiger partial charge on any atom is 0.148 e. The number of hydrazine groups is 1. The van der Waals surface area contributed by atoms with Crippen molar-refractivity contribution in [1.82, 2.24) is 14.5 Å². The number of anilines is 1. The van der Waals surface area contributed by atoms with E-state index in [-0.39, 0.29) is 6.10 Å². The van der Waals surface area contributed by atoms with Gasteiger partial charge in [-0.2, -0.15) is 0 Å². The third kappa shape index (κ3) is 2.67. The Balaban J connectivity index is 1.80. The third-order valence-corrected chi connectivity index (χ3v) is 3.59. The average molecular weight is 243 g/mol. The average Bonchev–Trinajstić information content (AvgIpc) is 2.62. The summed E-state index contributed by atoms with van der Waals surface area (Å²) in [6, 6.07) is 0. The summed E-state index contributed by atoms with van der Waals surface area (Å²) in [5, 5.41) is 14.1. The van der Waals surface area contributed by atoms with Crippen LogP contribution in [0.1, 0.15) is 18.5 Å². The quantitative estimate of drug-likeness (QED) is 0.499. The monoisotopic (exact) mass is 243 g/mol. The molecule has 1 saturated carbocycles. The Morgan fingerprint density at radius 3 is 3.00 bits per heavy atom. The molecule has 0 saturated heterocycles. The molecular formula is C9H17N5OS. The first-order chi connectivity index (χ1) is 7.69. The Labute approximate surface area is 98.6 Å². The molecule has 1 fully saturated rings. The Hall–Kier alpha value is -0.760. The van der Waals surface area contributed by atoms with Gasteiger partial charge in [-0.15, -0.1) is 5.10 Å². The predicted molar refractivity (Wildman–Crippen MR) is 62.8 cm³/mol. The summed E-state index contributed by atoms with van der Waals surface area (Å²) in [6.45, 7) is 1.72. The Kier molecular flexibility index (Phi) is 3.70. The maximum absolute atomic E-state index is 9.20. The van der Waals surface area contributed by atoms with Crippen LogP contribution in [0.2, 0.25) is 0 Å². The highest BCUT2D eigenvalue weighted by molar-refractivity contribution is 7.10. The molecule has 6 nitrogen and oxygen atoms in total. The number of aromatic nitrogens is 2. The molecule has 4 N–H and O–H groups in total. The minimum Gasteiger partial charge on any atom is -0.393 e. The number of nitrogen functional groups attached to an aromatic ring is 1. The Bertz CT molecular complexity index is 338. The van der Waals surface area contributed by atoms with E-state index in [2.05, 4.69) is 19.9 Å². The Morgan fingerprint density at radius 2 is 2.38 bits per heavy atom. The molecule has 1 aromatic heterocycles. The summed E-state index contributed by atoms with van der Waals surface area (Å²) >= 11 is 1.27. The van der Waals surface area contributed by atoms with Crippen LogP contribution in [0, 0.1) is 5.92 Å². The van der Waals surface area contributed by atoms with Gasteiger partial charge in [-0.05, 0) is 25.8 Å². The lowest BCUT2D eigenvalue weighted by Gasteiger charge is -2.34. The number of nitrogens with zero attached hydrogens (tertiary/aromatic N) is 3. The van der Waals surface area contributed by atoms with Crippen LogP contribution in [0.5, 0.6) is 0 Å². The SMILES string of the molecule is CN(Cc1nnsc1NN)CC1CC(O)C1. The Morgan fingerprint density at radius 1 is 1.62 bits per heavy atom. The fourth-order valence-corrected chi connectivity index (χ4v) is 2.52. The van der Waals surface area contributed by atoms with E-state index in [0.717, 1.165) is 36.6 Å². The predicted octanol–water partition coefficient (Wildman–Crippen LogP) is 0.0264. The molecule has 0 atom stereocenters. The number of hydrogen-bond donors (Lipinski definition) is 3. The molecule has 1 aliphatic carbocycles. The van der Waals surface area contributed by atoms with Crippen molar-refractivity contribution >= 4 is 16.5 Å². The summed E-state index contributed by atoms with van der Waals surface area (Å²) < 4.78 is 3.85. The van der Waals surface area contributed by atoms with Gasteiger partial charge in [0.05, 0.1) is 6.10 Å². The molecule has 1 aliphatic rings. The number of nitrogens with one attached hydrogen (secondary N) is 1. The van der Waals surface area contributed by atoms with Crippen molar-refractivity contribution in [2.24, 2.45) is 11.8 Å². The van der Waals surface area contributed by atoms with E-state index in [1.54, 1.807) is 0 Å². The third-order valence-electron chi connectivity index (χ3n) is 2.89. The highest BCUT2D eigenvalue weighted by Crippen LogP contribution is 2.28. The molecule has 0 unspecified atom stereocenters. The smallest absolute Gasteiger partial charge is 0.148 e. The molecule has 1 aromatic rings. The second kappa shape index (κ2) is 5.05. The van der Waals surface area contributed by atoms with Crippen LogP contribution in [0.25, 0.3) is 0 Å². The standard InChI is InChI=1S/C9H17N5OS/c1-14(4-6-2-7(15)3-6)5-8-9(11-10)16-13-12-8/h6-7,11,15H,2-5,10H2,1H3. The van der Waals surface area contributed by atoms with Gasteiger partial charge >= 0.3 is 0 Å². The zero-order valence-electron chi connectivity index (χ0n) is 9.26. The summed E-state index contributed by atoms with van der Waals surface area (Å²) in [5.74, 6) is 5.97. The molecule has 0 aliphatic heterocycles. The van der Waals surface area contributed by atoms with Crippen molar-refractivity contribution in [3.63, 3.8) is 0 Å². The summed E-state index contributed by atoms with van der Waals surface area (Å²) in [6.07, 6.45) is 1.75. The van der Waals surface area contributed by atoms with Crippen LogP contribution in [0.4, 0.5) is 5.00 Å². The lowest BCUT2D eigenvalue weighted by atomic mass is 9.82. The number of aliphatic hydroxyl groups is 1. The number of hydrogen-bond acceptors (Lipinski definition) is 7. The number of rotatable bonds is 5. The van der Waals surface area contributed by atoms with E-state index < -0.39 is 0 Å². The molecule has 7 heteroatoms. The van der Waals surface area contributed by atoms with Crippen molar-refractivity contribution in [2.75, 3.05) is 19.0 Å². The molecule has 0 radical (unpaired) electrons. The van der Waals surface area contributed by atoms with Gasteiger partial charge < -0.3 is 15.4 Å². The first kappa shape index (κ1) is 11.7. The van der Waals surface area contributed by atoms with E-state index in [9.17, 15) is 5.11 Å². The van der Waals surface area contributed by atoms with Gasteiger partial charge in [-0.3, -0.25) is 0 Å². The maximum atomic E-state index is 9.20. The first-order valence-corrected chi connectivity index (χ1v) is 6.11. The highest BCUT2D eigenvalue weighted by atomic mass is 32.1. The van der Waals surface area contributed by atoms with E-state index in [1.807, 2.05) is 7.05 Å². The fraction of sp³-hybridized carbons (Fsp3) is 0.778. The van der Waals surface area contributed by atoms with Crippen molar-refractivity contribution in [3.05, 3.63) is 5.69 Å². The van der Waals surface area contributed by atoms with Crippen LogP contribution in [-0.2, 0) is 6.54 Å². The van der Waals surface area contributed by atoms with E-state index in [0.29, 0.717) is 5.92 Å². The summed E-state index contributed by atoms with van der Waals surface area (Å²) in [7, 11) is 2.05. The van der Waals surface area contributed by atoms with E-state index in [1.165, 1.54) is 11.5 Å². The molecule has 0 spiro atoms. The normalized spacial score (nSPS) is 24.5. The van der Waals surface area contributed by atoms with Gasteiger partial charge in [-0.25, -0.2) is 5.84 Å². The molecule has 90 valence electrons. The molecule has 16 heavy (non-hydrogen) atoms. The summed E-state index contributed by atoms with van der Waals surface area (Å²) in [5.41, 5.74) is 3.48.